The molecule has 3 heteroatoms. The van der Waals surface area contributed by atoms with Crippen LogP contribution in [0.4, 0.5) is 0 Å². The van der Waals surface area contributed by atoms with Gasteiger partial charge in [-0.25, -0.2) is 4.79 Å². The molecule has 3 nitrogen and oxygen atoms in total. The highest BCUT2D eigenvalue weighted by Gasteiger charge is 2.14. The molecule has 0 N–H and O–H groups in total. The van der Waals surface area contributed by atoms with E-state index in [-0.39, 0.29) is 17.7 Å². The second-order valence-electron chi connectivity index (χ2n) is 3.73. The van der Waals surface area contributed by atoms with E-state index in [4.69, 9.17) is 4.74 Å². The van der Waals surface area contributed by atoms with Crippen LogP contribution in [0.25, 0.3) is 0 Å². The molecule has 15 heavy (non-hydrogen) atoms. The average molecular weight is 212 g/mol. The highest BCUT2D eigenvalue weighted by atomic mass is 16.5. The number of carbonyl (C=O) groups is 2. The van der Waals surface area contributed by atoms with Gasteiger partial charge in [-0.3, -0.25) is 4.79 Å². The van der Waals surface area contributed by atoms with Crippen molar-refractivity contribution in [3.8, 4) is 0 Å². The smallest absolute Gasteiger partial charge is 0.333 e. The summed E-state index contributed by atoms with van der Waals surface area (Å²) in [6.45, 7) is 9.57. The molecule has 1 unspecified atom stereocenters. The Balaban J connectivity index is 3.95. The number of carbonyl (C=O) groups excluding carboxylic acids is 2. The fourth-order valence-corrected chi connectivity index (χ4v) is 1.34. The maximum Gasteiger partial charge on any atom is 0.333 e. The number of Topliss-reactive ketones (excluding diaryl/α,β-unsaturated/α-hetero) is 1. The van der Waals surface area contributed by atoms with E-state index in [1.807, 2.05) is 13.8 Å². The predicted molar refractivity (Wildman–Crippen MR) is 59.5 cm³/mol. The van der Waals surface area contributed by atoms with Crippen molar-refractivity contribution < 1.29 is 14.3 Å². The van der Waals surface area contributed by atoms with Crippen LogP contribution in [0, 0.1) is 5.92 Å². The van der Waals surface area contributed by atoms with Crippen LogP contribution in [0.15, 0.2) is 12.2 Å². The van der Waals surface area contributed by atoms with Gasteiger partial charge < -0.3 is 4.74 Å². The summed E-state index contributed by atoms with van der Waals surface area (Å²) < 4.78 is 4.81. The van der Waals surface area contributed by atoms with E-state index in [0.29, 0.717) is 31.4 Å². The average Bonchev–Trinajstić information content (AvgIpc) is 2.17. The monoisotopic (exact) mass is 212 g/mol. The number of esters is 1. The van der Waals surface area contributed by atoms with Crippen molar-refractivity contribution in [2.45, 2.75) is 40.0 Å². The minimum absolute atomic E-state index is 0.161. The standard InChI is InChI=1S/C12H20O3/c1-5-11(13)8-9(3)7-10(4)12(14)15-6-2/h9H,4-8H2,1-3H3. The van der Waals surface area contributed by atoms with Gasteiger partial charge in [0.1, 0.15) is 5.78 Å². The van der Waals surface area contributed by atoms with Gasteiger partial charge in [-0.15, -0.1) is 0 Å². The van der Waals surface area contributed by atoms with Gasteiger partial charge in [0.2, 0.25) is 0 Å². The molecule has 0 saturated heterocycles. The molecule has 0 amide bonds. The maximum atomic E-state index is 11.2. The van der Waals surface area contributed by atoms with Gasteiger partial charge in [-0.2, -0.15) is 0 Å². The lowest BCUT2D eigenvalue weighted by atomic mass is 9.96. The predicted octanol–water partition coefficient (Wildman–Crippen LogP) is 2.50. The molecule has 0 saturated carbocycles. The van der Waals surface area contributed by atoms with Crippen LogP contribution in [0.5, 0.6) is 0 Å². The van der Waals surface area contributed by atoms with Crippen LogP contribution in [0.1, 0.15) is 40.0 Å². The summed E-state index contributed by atoms with van der Waals surface area (Å²) in [5.41, 5.74) is 0.452. The third-order valence-corrected chi connectivity index (χ3v) is 2.13. The zero-order valence-corrected chi connectivity index (χ0v) is 9.84. The van der Waals surface area contributed by atoms with E-state index in [9.17, 15) is 9.59 Å². The molecule has 0 bridgehead atoms. The molecule has 86 valence electrons. The Kier molecular flexibility index (Phi) is 6.67. The SMILES string of the molecule is C=C(CC(C)CC(=O)CC)C(=O)OCC. The normalized spacial score (nSPS) is 11.9. The van der Waals surface area contributed by atoms with Gasteiger partial charge >= 0.3 is 5.97 Å². The molecule has 0 aliphatic rings. The summed E-state index contributed by atoms with van der Waals surface area (Å²) >= 11 is 0. The van der Waals surface area contributed by atoms with E-state index < -0.39 is 0 Å². The molecule has 0 aromatic carbocycles. The Bertz CT molecular complexity index is 243. The lowest BCUT2D eigenvalue weighted by Gasteiger charge is -2.11. The summed E-state index contributed by atoms with van der Waals surface area (Å²) in [6.07, 6.45) is 1.59. The van der Waals surface area contributed by atoms with Crippen molar-refractivity contribution in [1.29, 1.82) is 0 Å². The summed E-state index contributed by atoms with van der Waals surface area (Å²) in [5, 5.41) is 0. The van der Waals surface area contributed by atoms with Crippen molar-refractivity contribution in [2.24, 2.45) is 5.92 Å². The second kappa shape index (κ2) is 7.21. The molecule has 0 aliphatic carbocycles. The van der Waals surface area contributed by atoms with Gasteiger partial charge in [0.15, 0.2) is 0 Å². The summed E-state index contributed by atoms with van der Waals surface area (Å²) in [5.74, 6) is 0.0295. The minimum atomic E-state index is -0.353. The van der Waals surface area contributed by atoms with E-state index in [1.54, 1.807) is 6.92 Å². The fourth-order valence-electron chi connectivity index (χ4n) is 1.34. The number of hydrogen-bond donors (Lipinski definition) is 0. The van der Waals surface area contributed by atoms with Gasteiger partial charge in [0.25, 0.3) is 0 Å². The highest BCUT2D eigenvalue weighted by Crippen LogP contribution is 2.15. The molecule has 0 aliphatic heterocycles. The summed E-state index contributed by atoms with van der Waals surface area (Å²) in [4.78, 5) is 22.4. The molecule has 0 aromatic heterocycles. The topological polar surface area (TPSA) is 43.4 Å². The van der Waals surface area contributed by atoms with Crippen LogP contribution in [0.3, 0.4) is 0 Å². The van der Waals surface area contributed by atoms with E-state index in [1.165, 1.54) is 0 Å². The van der Waals surface area contributed by atoms with E-state index in [2.05, 4.69) is 6.58 Å². The first-order chi connectivity index (χ1) is 7.01. The number of ketones is 1. The highest BCUT2D eigenvalue weighted by molar-refractivity contribution is 5.87. The first-order valence-electron chi connectivity index (χ1n) is 5.37. The number of rotatable bonds is 7. The van der Waals surface area contributed by atoms with Gasteiger partial charge in [-0.1, -0.05) is 20.4 Å². The second-order valence-corrected chi connectivity index (χ2v) is 3.73. The molecule has 0 fully saturated rings. The Labute approximate surface area is 91.5 Å². The maximum absolute atomic E-state index is 11.2. The quantitative estimate of drug-likeness (QED) is 0.481. The molecular formula is C12H20O3. The van der Waals surface area contributed by atoms with Crippen molar-refractivity contribution in [3.63, 3.8) is 0 Å². The van der Waals surface area contributed by atoms with Crippen molar-refractivity contribution >= 4 is 11.8 Å². The molecule has 1 atom stereocenters. The van der Waals surface area contributed by atoms with Crippen molar-refractivity contribution in [1.82, 2.24) is 0 Å². The summed E-state index contributed by atoms with van der Waals surface area (Å²) in [7, 11) is 0. The lowest BCUT2D eigenvalue weighted by Crippen LogP contribution is -2.11. The third-order valence-electron chi connectivity index (χ3n) is 2.13. The minimum Gasteiger partial charge on any atom is -0.463 e. The first kappa shape index (κ1) is 13.9. The Morgan fingerprint density at radius 1 is 1.27 bits per heavy atom. The largest absolute Gasteiger partial charge is 0.463 e. The molecule has 0 rings (SSSR count). The Morgan fingerprint density at radius 2 is 1.87 bits per heavy atom. The third kappa shape index (κ3) is 6.05. The molecule has 0 radical (unpaired) electrons. The van der Waals surface area contributed by atoms with E-state index in [0.717, 1.165) is 0 Å². The van der Waals surface area contributed by atoms with Crippen LogP contribution < -0.4 is 0 Å². The van der Waals surface area contributed by atoms with Crippen LogP contribution >= 0.6 is 0 Å². The van der Waals surface area contributed by atoms with Crippen molar-refractivity contribution in [2.75, 3.05) is 6.61 Å². The van der Waals surface area contributed by atoms with Gasteiger partial charge in [0, 0.05) is 18.4 Å². The van der Waals surface area contributed by atoms with Crippen LogP contribution in [-0.4, -0.2) is 18.4 Å². The molecular weight excluding hydrogens is 192 g/mol. The Hall–Kier alpha value is -1.12. The molecule has 0 aromatic rings. The van der Waals surface area contributed by atoms with Gasteiger partial charge in [0.05, 0.1) is 6.61 Å². The lowest BCUT2D eigenvalue weighted by molar-refractivity contribution is -0.138. The fraction of sp³-hybridized carbons (Fsp3) is 0.667. The zero-order chi connectivity index (χ0) is 11.8. The number of ether oxygens (including phenoxy) is 1. The zero-order valence-electron chi connectivity index (χ0n) is 9.84. The van der Waals surface area contributed by atoms with Crippen LogP contribution in [0.2, 0.25) is 0 Å². The number of hydrogen-bond acceptors (Lipinski definition) is 3. The van der Waals surface area contributed by atoms with Gasteiger partial charge in [-0.05, 0) is 19.3 Å². The van der Waals surface area contributed by atoms with E-state index >= 15 is 0 Å². The van der Waals surface area contributed by atoms with Crippen LogP contribution in [-0.2, 0) is 14.3 Å². The van der Waals surface area contributed by atoms with Crippen molar-refractivity contribution in [3.05, 3.63) is 12.2 Å². The first-order valence-corrected chi connectivity index (χ1v) is 5.37. The summed E-state index contributed by atoms with van der Waals surface area (Å²) in [6, 6.07) is 0. The Morgan fingerprint density at radius 3 is 2.33 bits per heavy atom. The molecule has 0 spiro atoms. The molecule has 0 heterocycles.